The maximum absolute atomic E-state index is 12.0. The number of aliphatic carboxylic acids is 1. The third-order valence-electron chi connectivity index (χ3n) is 3.52. The zero-order valence-corrected chi connectivity index (χ0v) is 11.4. The van der Waals surface area contributed by atoms with Crippen LogP contribution in [0.2, 0.25) is 0 Å². The highest BCUT2D eigenvalue weighted by Crippen LogP contribution is 2.15. The number of hydrogen-bond acceptors (Lipinski definition) is 5. The van der Waals surface area contributed by atoms with Crippen molar-refractivity contribution >= 4 is 11.9 Å². The van der Waals surface area contributed by atoms with Gasteiger partial charge in [0.05, 0.1) is 0 Å². The normalized spacial score (nSPS) is 20.1. The Bertz CT molecular complexity index is 517. The number of hydroxylamine groups is 2. The summed E-state index contributed by atoms with van der Waals surface area (Å²) in [6.45, 7) is 0.411. The average Bonchev–Trinajstić information content (AvgIpc) is 2.86. The van der Waals surface area contributed by atoms with E-state index in [4.69, 9.17) is 0 Å². The van der Waals surface area contributed by atoms with Gasteiger partial charge in [-0.25, -0.2) is 4.79 Å². The Labute approximate surface area is 121 Å². The fourth-order valence-corrected chi connectivity index (χ4v) is 2.35. The quantitative estimate of drug-likeness (QED) is 0.624. The number of amides is 1. The Morgan fingerprint density at radius 2 is 2.00 bits per heavy atom. The number of rotatable bonds is 5. The van der Waals surface area contributed by atoms with E-state index in [9.17, 15) is 25.0 Å². The van der Waals surface area contributed by atoms with Gasteiger partial charge in [0.15, 0.2) is 0 Å². The molecule has 1 saturated heterocycles. The van der Waals surface area contributed by atoms with Crippen molar-refractivity contribution in [2.75, 3.05) is 6.54 Å². The van der Waals surface area contributed by atoms with Gasteiger partial charge in [-0.05, 0) is 30.5 Å². The number of carboxylic acids is 1. The Balaban J connectivity index is 2.00. The smallest absolute Gasteiger partial charge is 0.326 e. The second-order valence-corrected chi connectivity index (χ2v) is 5.09. The van der Waals surface area contributed by atoms with Gasteiger partial charge >= 0.3 is 5.97 Å². The van der Waals surface area contributed by atoms with E-state index < -0.39 is 24.0 Å². The Morgan fingerprint density at radius 1 is 1.33 bits per heavy atom. The predicted molar refractivity (Wildman–Crippen MR) is 72.9 cm³/mol. The zero-order valence-electron chi connectivity index (χ0n) is 11.4. The molecule has 1 fully saturated rings. The van der Waals surface area contributed by atoms with E-state index in [1.807, 2.05) is 0 Å². The second-order valence-electron chi connectivity index (χ2n) is 5.09. The number of carbonyl (C=O) groups excluding carboxylic acids is 1. The summed E-state index contributed by atoms with van der Waals surface area (Å²) in [6, 6.07) is 4.37. The first-order chi connectivity index (χ1) is 9.97. The SMILES string of the molecule is O=C(N[C@@H](Cc1ccc(O)cc1)C(=O)O)C1CCCN1O. The minimum absolute atomic E-state index is 0.0940. The molecule has 21 heavy (non-hydrogen) atoms. The molecule has 0 aromatic heterocycles. The summed E-state index contributed by atoms with van der Waals surface area (Å²) in [6.07, 6.45) is 1.32. The molecule has 1 aromatic rings. The van der Waals surface area contributed by atoms with Crippen molar-refractivity contribution in [3.05, 3.63) is 29.8 Å². The van der Waals surface area contributed by atoms with E-state index in [2.05, 4.69) is 5.32 Å². The van der Waals surface area contributed by atoms with Crippen molar-refractivity contribution in [1.82, 2.24) is 10.4 Å². The maximum Gasteiger partial charge on any atom is 0.326 e. The summed E-state index contributed by atoms with van der Waals surface area (Å²) in [5.41, 5.74) is 0.688. The van der Waals surface area contributed by atoms with E-state index in [1.54, 1.807) is 12.1 Å². The Kier molecular flexibility index (Phi) is 4.77. The van der Waals surface area contributed by atoms with Gasteiger partial charge in [0.2, 0.25) is 5.91 Å². The number of hydrogen-bond donors (Lipinski definition) is 4. The number of phenolic OH excluding ortho intramolecular Hbond substituents is 1. The average molecular weight is 294 g/mol. The van der Waals surface area contributed by atoms with E-state index >= 15 is 0 Å². The summed E-state index contributed by atoms with van der Waals surface area (Å²) in [7, 11) is 0. The summed E-state index contributed by atoms with van der Waals surface area (Å²) >= 11 is 0. The Morgan fingerprint density at radius 3 is 2.52 bits per heavy atom. The van der Waals surface area contributed by atoms with E-state index in [1.165, 1.54) is 12.1 Å². The second kappa shape index (κ2) is 6.55. The summed E-state index contributed by atoms with van der Waals surface area (Å²) < 4.78 is 0. The van der Waals surface area contributed by atoms with Crippen molar-refractivity contribution in [2.45, 2.75) is 31.3 Å². The van der Waals surface area contributed by atoms with Crippen LogP contribution in [-0.2, 0) is 16.0 Å². The van der Waals surface area contributed by atoms with Gasteiger partial charge in [0.25, 0.3) is 0 Å². The summed E-state index contributed by atoms with van der Waals surface area (Å²) in [4.78, 5) is 23.3. The van der Waals surface area contributed by atoms with Crippen LogP contribution in [0.25, 0.3) is 0 Å². The lowest BCUT2D eigenvalue weighted by molar-refractivity contribution is -0.150. The van der Waals surface area contributed by atoms with Gasteiger partial charge in [-0.3, -0.25) is 4.79 Å². The molecule has 1 aliphatic heterocycles. The summed E-state index contributed by atoms with van der Waals surface area (Å²) in [5.74, 6) is -1.53. The molecule has 1 amide bonds. The highest BCUT2D eigenvalue weighted by atomic mass is 16.5. The first-order valence-corrected chi connectivity index (χ1v) is 6.74. The minimum atomic E-state index is -1.14. The number of nitrogens with zero attached hydrogens (tertiary/aromatic N) is 1. The van der Waals surface area contributed by atoms with Crippen LogP contribution in [0, 0.1) is 0 Å². The Hall–Kier alpha value is -2.12. The van der Waals surface area contributed by atoms with Gasteiger partial charge in [-0.15, -0.1) is 0 Å². The molecule has 7 nitrogen and oxygen atoms in total. The number of aromatic hydroxyl groups is 1. The third kappa shape index (κ3) is 3.93. The lowest BCUT2D eigenvalue weighted by atomic mass is 10.1. The van der Waals surface area contributed by atoms with Crippen molar-refractivity contribution in [3.8, 4) is 5.75 Å². The van der Waals surface area contributed by atoms with Crippen LogP contribution in [0.5, 0.6) is 5.75 Å². The van der Waals surface area contributed by atoms with Crippen LogP contribution in [0.4, 0.5) is 0 Å². The van der Waals surface area contributed by atoms with Crippen LogP contribution in [0.1, 0.15) is 18.4 Å². The number of phenols is 1. The molecule has 0 saturated carbocycles. The minimum Gasteiger partial charge on any atom is -0.508 e. The first-order valence-electron chi connectivity index (χ1n) is 6.74. The molecule has 0 radical (unpaired) electrons. The van der Waals surface area contributed by atoms with Gasteiger partial charge in [-0.2, -0.15) is 5.06 Å². The van der Waals surface area contributed by atoms with E-state index in [0.717, 1.165) is 5.06 Å². The largest absolute Gasteiger partial charge is 0.508 e. The molecule has 0 bridgehead atoms. The molecule has 4 N–H and O–H groups in total. The molecule has 7 heteroatoms. The van der Waals surface area contributed by atoms with Gasteiger partial charge in [-0.1, -0.05) is 12.1 Å². The molecule has 2 atom stereocenters. The highest BCUT2D eigenvalue weighted by Gasteiger charge is 2.32. The first kappa shape index (κ1) is 15.3. The van der Waals surface area contributed by atoms with Gasteiger partial charge in [0.1, 0.15) is 17.8 Å². The molecule has 1 aromatic carbocycles. The molecular weight excluding hydrogens is 276 g/mol. The van der Waals surface area contributed by atoms with Crippen LogP contribution >= 0.6 is 0 Å². The lowest BCUT2D eigenvalue weighted by Gasteiger charge is -2.20. The molecule has 114 valence electrons. The number of benzene rings is 1. The fourth-order valence-electron chi connectivity index (χ4n) is 2.35. The standard InChI is InChI=1S/C14H18N2O5/c17-10-5-3-9(4-6-10)8-11(14(19)20)15-13(18)12-2-1-7-16(12)21/h3-6,11-12,17,21H,1-2,7-8H2,(H,15,18)(H,19,20)/t11-,12?/m0/s1. The lowest BCUT2D eigenvalue weighted by Crippen LogP contribution is -2.49. The number of carboxylic acid groups (broad SMARTS) is 1. The highest BCUT2D eigenvalue weighted by molar-refractivity contribution is 5.87. The molecule has 1 aliphatic rings. The van der Waals surface area contributed by atoms with Crippen molar-refractivity contribution in [2.24, 2.45) is 0 Å². The summed E-state index contributed by atoms with van der Waals surface area (Å²) in [5, 5.41) is 31.3. The number of nitrogens with one attached hydrogen (secondary N) is 1. The molecular formula is C14H18N2O5. The molecule has 1 unspecified atom stereocenters. The number of carbonyl (C=O) groups is 2. The molecule has 0 aliphatic carbocycles. The van der Waals surface area contributed by atoms with E-state index in [0.29, 0.717) is 24.9 Å². The molecule has 0 spiro atoms. The van der Waals surface area contributed by atoms with Crippen molar-refractivity contribution in [1.29, 1.82) is 0 Å². The molecule has 1 heterocycles. The fraction of sp³-hybridized carbons (Fsp3) is 0.429. The maximum atomic E-state index is 12.0. The van der Waals surface area contributed by atoms with Crippen molar-refractivity contribution < 1.29 is 25.0 Å². The van der Waals surface area contributed by atoms with Crippen LogP contribution in [0.3, 0.4) is 0 Å². The van der Waals surface area contributed by atoms with Crippen molar-refractivity contribution in [3.63, 3.8) is 0 Å². The van der Waals surface area contributed by atoms with Crippen LogP contribution < -0.4 is 5.32 Å². The van der Waals surface area contributed by atoms with Crippen LogP contribution in [0.15, 0.2) is 24.3 Å². The monoisotopic (exact) mass is 294 g/mol. The predicted octanol–water partition coefficient (Wildman–Crippen LogP) is 0.358. The zero-order chi connectivity index (χ0) is 15.4. The van der Waals surface area contributed by atoms with Gasteiger partial charge < -0.3 is 20.7 Å². The van der Waals surface area contributed by atoms with Gasteiger partial charge in [0, 0.05) is 13.0 Å². The topological polar surface area (TPSA) is 110 Å². The molecule has 2 rings (SSSR count). The van der Waals surface area contributed by atoms with E-state index in [-0.39, 0.29) is 12.2 Å². The third-order valence-corrected chi connectivity index (χ3v) is 3.52. The van der Waals surface area contributed by atoms with Crippen LogP contribution in [-0.4, -0.2) is 51.0 Å².